The molecule has 3 rings (SSSR count). The summed E-state index contributed by atoms with van der Waals surface area (Å²) >= 11 is 11.4. The summed E-state index contributed by atoms with van der Waals surface area (Å²) in [6, 6.07) is 6.08. The fourth-order valence-corrected chi connectivity index (χ4v) is 2.72. The Balaban J connectivity index is 2.15. The molecule has 0 aliphatic heterocycles. The molecule has 0 atom stereocenters. The van der Waals surface area contributed by atoms with Crippen LogP contribution in [0.4, 0.5) is 0 Å². The van der Waals surface area contributed by atoms with E-state index in [9.17, 15) is 4.79 Å². The van der Waals surface area contributed by atoms with Gasteiger partial charge in [-0.05, 0) is 37.1 Å². The van der Waals surface area contributed by atoms with Gasteiger partial charge in [-0.3, -0.25) is 9.36 Å². The monoisotopic (exact) mass is 348 g/mol. The van der Waals surface area contributed by atoms with Crippen molar-refractivity contribution in [3.8, 4) is 5.69 Å². The first-order valence-electron chi connectivity index (χ1n) is 6.96. The second kappa shape index (κ2) is 6.18. The van der Waals surface area contributed by atoms with Crippen LogP contribution in [0.25, 0.3) is 16.7 Å². The number of rotatable bonds is 3. The molecule has 0 aliphatic rings. The number of benzene rings is 1. The number of nitrogens with zero attached hydrogens (tertiary/aromatic N) is 4. The Labute approximate surface area is 142 Å². The third-order valence-corrected chi connectivity index (χ3v) is 4.05. The lowest BCUT2D eigenvalue weighted by Crippen LogP contribution is -2.20. The molecule has 2 heterocycles. The van der Waals surface area contributed by atoms with Gasteiger partial charge in [-0.15, -0.1) is 0 Å². The second-order valence-electron chi connectivity index (χ2n) is 5.37. The van der Waals surface area contributed by atoms with Gasteiger partial charge in [0.15, 0.2) is 5.65 Å². The molecule has 3 aromatic rings. The van der Waals surface area contributed by atoms with Crippen LogP contribution < -0.4 is 5.56 Å². The highest BCUT2D eigenvalue weighted by Crippen LogP contribution is 2.17. The maximum atomic E-state index is 12.5. The van der Waals surface area contributed by atoms with E-state index in [1.165, 1.54) is 22.6 Å². The molecule has 0 N–H and O–H groups in total. The third kappa shape index (κ3) is 3.02. The minimum absolute atomic E-state index is 0.182. The highest BCUT2D eigenvalue weighted by molar-refractivity contribution is 6.36. The van der Waals surface area contributed by atoms with Gasteiger partial charge in [0, 0.05) is 10.6 Å². The Bertz CT molecular complexity index is 952. The zero-order valence-corrected chi connectivity index (χ0v) is 14.1. The van der Waals surface area contributed by atoms with Crippen molar-refractivity contribution < 1.29 is 0 Å². The van der Waals surface area contributed by atoms with E-state index in [4.69, 9.17) is 23.2 Å². The Morgan fingerprint density at radius 1 is 1.26 bits per heavy atom. The Morgan fingerprint density at radius 3 is 2.61 bits per heavy atom. The molecular weight excluding hydrogens is 335 g/mol. The molecule has 0 spiro atoms. The first-order valence-corrected chi connectivity index (χ1v) is 7.77. The average Bonchev–Trinajstić information content (AvgIpc) is 2.93. The van der Waals surface area contributed by atoms with Crippen molar-refractivity contribution in [3.05, 3.63) is 62.8 Å². The molecule has 0 unspecified atom stereocenters. The normalized spacial score (nSPS) is 12.1. The number of fused-ring (bicyclic) bond motifs is 1. The van der Waals surface area contributed by atoms with Crippen LogP contribution in [0.2, 0.25) is 0 Å². The van der Waals surface area contributed by atoms with Crippen molar-refractivity contribution in [1.82, 2.24) is 19.3 Å². The Kier molecular flexibility index (Phi) is 4.24. The molecule has 0 fully saturated rings. The van der Waals surface area contributed by atoms with E-state index in [2.05, 4.69) is 16.1 Å². The number of halogens is 2. The molecule has 0 saturated heterocycles. The molecule has 0 amide bonds. The van der Waals surface area contributed by atoms with E-state index >= 15 is 0 Å². The van der Waals surface area contributed by atoms with Crippen molar-refractivity contribution in [3.63, 3.8) is 0 Å². The molecule has 2 aromatic heterocycles. The van der Waals surface area contributed by atoms with Crippen LogP contribution in [0.1, 0.15) is 11.1 Å². The second-order valence-corrected chi connectivity index (χ2v) is 6.08. The molecule has 5 nitrogen and oxygen atoms in total. The minimum atomic E-state index is -0.206. The van der Waals surface area contributed by atoms with Crippen molar-refractivity contribution in [2.45, 2.75) is 20.4 Å². The summed E-state index contributed by atoms with van der Waals surface area (Å²) in [5, 5.41) is 5.11. The van der Waals surface area contributed by atoms with E-state index in [1.807, 2.05) is 26.0 Å². The van der Waals surface area contributed by atoms with Crippen LogP contribution in [0.15, 0.2) is 46.1 Å². The van der Waals surface area contributed by atoms with Crippen LogP contribution >= 0.6 is 23.2 Å². The van der Waals surface area contributed by atoms with E-state index in [0.29, 0.717) is 16.1 Å². The molecule has 23 heavy (non-hydrogen) atoms. The largest absolute Gasteiger partial charge is 0.293 e. The zero-order chi connectivity index (χ0) is 16.6. The lowest BCUT2D eigenvalue weighted by molar-refractivity contribution is 0.755. The number of allylic oxidation sites excluding steroid dienone is 1. The van der Waals surface area contributed by atoms with Gasteiger partial charge < -0.3 is 0 Å². The molecule has 0 saturated carbocycles. The van der Waals surface area contributed by atoms with Crippen LogP contribution in [-0.4, -0.2) is 19.3 Å². The highest BCUT2D eigenvalue weighted by Gasteiger charge is 2.12. The Hall–Kier alpha value is -2.11. The summed E-state index contributed by atoms with van der Waals surface area (Å²) in [7, 11) is 0. The number of hydrogen-bond acceptors (Lipinski definition) is 3. The van der Waals surface area contributed by atoms with Crippen molar-refractivity contribution in [2.24, 2.45) is 0 Å². The highest BCUT2D eigenvalue weighted by atomic mass is 35.5. The number of hydrogen-bond donors (Lipinski definition) is 0. The standard InChI is InChI=1S/C16H14Cl2N4O/c1-10-3-11(2)5-13(4-10)22-15-14(7-20-22)16(23)21(9-19-15)8-12(18)6-17/h3-7,9H,8H2,1-2H3. The van der Waals surface area contributed by atoms with Gasteiger partial charge in [0.25, 0.3) is 5.56 Å². The van der Waals surface area contributed by atoms with Gasteiger partial charge in [-0.1, -0.05) is 29.3 Å². The summed E-state index contributed by atoms with van der Waals surface area (Å²) in [5.74, 6) is 0. The van der Waals surface area contributed by atoms with Crippen molar-refractivity contribution in [1.29, 1.82) is 0 Å². The fourth-order valence-electron chi connectivity index (χ4n) is 2.52. The topological polar surface area (TPSA) is 52.7 Å². The molecule has 7 heteroatoms. The van der Waals surface area contributed by atoms with Gasteiger partial charge in [0.1, 0.15) is 11.7 Å². The molecule has 0 bridgehead atoms. The molecule has 0 aliphatic carbocycles. The van der Waals surface area contributed by atoms with Crippen LogP contribution in [-0.2, 0) is 6.54 Å². The predicted octanol–water partition coefficient (Wildman–Crippen LogP) is 3.52. The van der Waals surface area contributed by atoms with E-state index in [0.717, 1.165) is 16.8 Å². The van der Waals surface area contributed by atoms with Crippen LogP contribution in [0.5, 0.6) is 0 Å². The smallest absolute Gasteiger partial charge is 0.264 e. The molecule has 1 aromatic carbocycles. The van der Waals surface area contributed by atoms with Crippen molar-refractivity contribution in [2.75, 3.05) is 0 Å². The van der Waals surface area contributed by atoms with Crippen LogP contribution in [0, 0.1) is 13.8 Å². The van der Waals surface area contributed by atoms with Gasteiger partial charge in [-0.2, -0.15) is 5.10 Å². The van der Waals surface area contributed by atoms with E-state index in [-0.39, 0.29) is 12.1 Å². The van der Waals surface area contributed by atoms with Gasteiger partial charge in [0.2, 0.25) is 0 Å². The molecular formula is C16H14Cl2N4O. The first kappa shape index (κ1) is 15.8. The van der Waals surface area contributed by atoms with Crippen LogP contribution in [0.3, 0.4) is 0 Å². The SMILES string of the molecule is Cc1cc(C)cc(-n2ncc3c(=O)n(CC(Cl)=CCl)cnc32)c1. The third-order valence-electron chi connectivity index (χ3n) is 3.45. The molecule has 0 radical (unpaired) electrons. The summed E-state index contributed by atoms with van der Waals surface area (Å²) in [4.78, 5) is 16.9. The molecule has 118 valence electrons. The Morgan fingerprint density at radius 2 is 1.96 bits per heavy atom. The van der Waals surface area contributed by atoms with Gasteiger partial charge in [0.05, 0.1) is 18.4 Å². The summed E-state index contributed by atoms with van der Waals surface area (Å²) in [5.41, 5.74) is 4.66. The zero-order valence-electron chi connectivity index (χ0n) is 12.6. The summed E-state index contributed by atoms with van der Waals surface area (Å²) in [6.07, 6.45) is 2.98. The minimum Gasteiger partial charge on any atom is -0.293 e. The van der Waals surface area contributed by atoms with Gasteiger partial charge >= 0.3 is 0 Å². The summed E-state index contributed by atoms with van der Waals surface area (Å²) < 4.78 is 3.07. The number of aromatic nitrogens is 4. The quantitative estimate of drug-likeness (QED) is 0.727. The lowest BCUT2D eigenvalue weighted by atomic mass is 10.1. The first-order chi connectivity index (χ1) is 11.0. The fraction of sp³-hybridized carbons (Fsp3) is 0.188. The van der Waals surface area contributed by atoms with E-state index in [1.54, 1.807) is 4.68 Å². The van der Waals surface area contributed by atoms with E-state index < -0.39 is 0 Å². The summed E-state index contributed by atoms with van der Waals surface area (Å²) in [6.45, 7) is 4.22. The number of aryl methyl sites for hydroxylation is 2. The lowest BCUT2D eigenvalue weighted by Gasteiger charge is -2.07. The predicted molar refractivity (Wildman–Crippen MR) is 92.4 cm³/mol. The van der Waals surface area contributed by atoms with Crippen molar-refractivity contribution >= 4 is 34.2 Å². The maximum absolute atomic E-state index is 12.5. The average molecular weight is 349 g/mol. The maximum Gasteiger partial charge on any atom is 0.264 e. The van der Waals surface area contributed by atoms with Gasteiger partial charge in [-0.25, -0.2) is 9.67 Å².